The average molecular weight is 421 g/mol. The number of aliphatic hydroxyl groups excluding tert-OH is 1. The molecule has 1 N–H and O–H groups in total. The van der Waals surface area contributed by atoms with E-state index < -0.39 is 6.10 Å². The Bertz CT molecular complexity index is 611. The monoisotopic (exact) mass is 420 g/mol. The van der Waals surface area contributed by atoms with Crippen LogP contribution in [-0.4, -0.2) is 80.7 Å². The first-order chi connectivity index (χ1) is 14.7. The number of piperidine rings is 1. The van der Waals surface area contributed by atoms with Crippen molar-refractivity contribution >= 4 is 0 Å². The quantitative estimate of drug-likeness (QED) is 0.662. The van der Waals surface area contributed by atoms with Crippen LogP contribution in [0.3, 0.4) is 0 Å². The van der Waals surface area contributed by atoms with Gasteiger partial charge in [-0.05, 0) is 56.5 Å². The number of ether oxygens (including phenoxy) is 3. The maximum absolute atomic E-state index is 10.5. The second-order valence-corrected chi connectivity index (χ2v) is 8.73. The van der Waals surface area contributed by atoms with Crippen LogP contribution in [0.1, 0.15) is 50.5 Å². The minimum atomic E-state index is -0.490. The van der Waals surface area contributed by atoms with Crippen LogP contribution in [0.2, 0.25) is 0 Å². The van der Waals surface area contributed by atoms with Gasteiger partial charge in [-0.1, -0.05) is 25.3 Å². The Hall–Kier alpha value is -1.34. The molecule has 2 heterocycles. The lowest BCUT2D eigenvalue weighted by atomic mass is 10.1. The Kier molecular flexibility index (Phi) is 9.72. The zero-order valence-corrected chi connectivity index (χ0v) is 18.9. The van der Waals surface area contributed by atoms with E-state index >= 15 is 0 Å². The summed E-state index contributed by atoms with van der Waals surface area (Å²) >= 11 is 0. The first kappa shape index (κ1) is 23.3. The van der Waals surface area contributed by atoms with Crippen molar-refractivity contribution in [3.05, 3.63) is 23.8 Å². The summed E-state index contributed by atoms with van der Waals surface area (Å²) in [6.07, 6.45) is 8.49. The molecule has 170 valence electrons. The van der Waals surface area contributed by atoms with E-state index in [4.69, 9.17) is 14.2 Å². The van der Waals surface area contributed by atoms with Crippen molar-refractivity contribution < 1.29 is 19.3 Å². The topological polar surface area (TPSA) is 54.4 Å². The highest BCUT2D eigenvalue weighted by atomic mass is 16.5. The molecule has 2 saturated heterocycles. The molecule has 0 aromatic heterocycles. The predicted molar refractivity (Wildman–Crippen MR) is 119 cm³/mol. The van der Waals surface area contributed by atoms with E-state index in [0.717, 1.165) is 51.3 Å². The normalized spacial score (nSPS) is 21.0. The van der Waals surface area contributed by atoms with E-state index in [0.29, 0.717) is 18.4 Å². The molecule has 1 aromatic carbocycles. The molecule has 0 saturated carbocycles. The van der Waals surface area contributed by atoms with Crippen LogP contribution in [-0.2, 0) is 11.3 Å². The molecular formula is C24H40N2O4. The van der Waals surface area contributed by atoms with Crippen molar-refractivity contribution in [1.82, 2.24) is 9.80 Å². The second-order valence-electron chi connectivity index (χ2n) is 8.73. The van der Waals surface area contributed by atoms with E-state index in [9.17, 15) is 5.11 Å². The lowest BCUT2D eigenvalue weighted by Gasteiger charge is -2.31. The molecule has 3 rings (SSSR count). The first-order valence-electron chi connectivity index (χ1n) is 11.6. The van der Waals surface area contributed by atoms with Crippen LogP contribution < -0.4 is 9.47 Å². The Labute approximate surface area is 182 Å². The van der Waals surface area contributed by atoms with Crippen molar-refractivity contribution in [2.75, 3.05) is 53.6 Å². The number of aliphatic hydroxyl groups is 1. The molecule has 0 amide bonds. The summed E-state index contributed by atoms with van der Waals surface area (Å²) in [7, 11) is 3.47. The summed E-state index contributed by atoms with van der Waals surface area (Å²) in [6, 6.07) is 6.13. The van der Waals surface area contributed by atoms with Crippen molar-refractivity contribution in [2.24, 2.45) is 0 Å². The molecule has 0 spiro atoms. The zero-order valence-electron chi connectivity index (χ0n) is 18.9. The number of β-amino-alcohol motifs (C(OH)–C–C–N with tert-alkyl or cyclic N) is 1. The highest BCUT2D eigenvalue weighted by Gasteiger charge is 2.19. The van der Waals surface area contributed by atoms with E-state index in [1.807, 2.05) is 6.07 Å². The number of benzene rings is 1. The fraction of sp³-hybridized carbons (Fsp3) is 0.750. The number of hydrogen-bond donors (Lipinski definition) is 1. The molecular weight excluding hydrogens is 380 g/mol. The van der Waals surface area contributed by atoms with Gasteiger partial charge < -0.3 is 24.2 Å². The molecule has 6 nitrogen and oxygen atoms in total. The van der Waals surface area contributed by atoms with Crippen LogP contribution >= 0.6 is 0 Å². The van der Waals surface area contributed by atoms with Gasteiger partial charge in [0.2, 0.25) is 0 Å². The van der Waals surface area contributed by atoms with Crippen LogP contribution in [0.4, 0.5) is 0 Å². The van der Waals surface area contributed by atoms with Gasteiger partial charge in [-0.3, -0.25) is 4.90 Å². The third-order valence-electron chi connectivity index (χ3n) is 6.35. The molecule has 0 bridgehead atoms. The van der Waals surface area contributed by atoms with E-state index in [2.05, 4.69) is 21.9 Å². The number of methoxy groups -OCH3 is 2. The highest BCUT2D eigenvalue weighted by molar-refractivity contribution is 5.43. The molecule has 0 aliphatic carbocycles. The summed E-state index contributed by atoms with van der Waals surface area (Å²) in [5, 5.41) is 10.5. The van der Waals surface area contributed by atoms with Crippen LogP contribution in [0.5, 0.6) is 11.5 Å². The molecule has 1 aromatic rings. The molecule has 30 heavy (non-hydrogen) atoms. The maximum Gasteiger partial charge on any atom is 0.161 e. The SMILES string of the molecule is COc1cc(CN2CCC(OC)CC2)ccc1OCC(O)CN1CCCCCCC1. The summed E-state index contributed by atoms with van der Waals surface area (Å²) in [6.45, 7) is 6.15. The van der Waals surface area contributed by atoms with Crippen molar-refractivity contribution in [3.63, 3.8) is 0 Å². The molecule has 0 radical (unpaired) electrons. The lowest BCUT2D eigenvalue weighted by Crippen LogP contribution is -2.37. The molecule has 2 fully saturated rings. The summed E-state index contributed by atoms with van der Waals surface area (Å²) in [4.78, 5) is 4.83. The lowest BCUT2D eigenvalue weighted by molar-refractivity contribution is 0.0388. The average Bonchev–Trinajstić information content (AvgIpc) is 2.75. The summed E-state index contributed by atoms with van der Waals surface area (Å²) in [5.74, 6) is 1.43. The molecule has 6 heteroatoms. The van der Waals surface area contributed by atoms with Crippen LogP contribution in [0.15, 0.2) is 18.2 Å². The Morgan fingerprint density at radius 1 is 0.933 bits per heavy atom. The van der Waals surface area contributed by atoms with Gasteiger partial charge in [0.05, 0.1) is 13.2 Å². The molecule has 1 atom stereocenters. The van der Waals surface area contributed by atoms with Gasteiger partial charge in [0.1, 0.15) is 12.7 Å². The van der Waals surface area contributed by atoms with E-state index in [-0.39, 0.29) is 6.61 Å². The van der Waals surface area contributed by atoms with Gasteiger partial charge in [0, 0.05) is 33.3 Å². The largest absolute Gasteiger partial charge is 0.493 e. The number of likely N-dealkylation sites (tertiary alicyclic amines) is 2. The van der Waals surface area contributed by atoms with E-state index in [1.54, 1.807) is 14.2 Å². The zero-order chi connectivity index (χ0) is 21.2. The van der Waals surface area contributed by atoms with Crippen LogP contribution in [0, 0.1) is 0 Å². The van der Waals surface area contributed by atoms with Gasteiger partial charge in [0.25, 0.3) is 0 Å². The van der Waals surface area contributed by atoms with Crippen molar-refractivity contribution in [3.8, 4) is 11.5 Å². The number of rotatable bonds is 9. The number of nitrogens with zero attached hydrogens (tertiary/aromatic N) is 2. The van der Waals surface area contributed by atoms with Gasteiger partial charge in [-0.2, -0.15) is 0 Å². The predicted octanol–water partition coefficient (Wildman–Crippen LogP) is 3.31. The Morgan fingerprint density at radius 3 is 2.30 bits per heavy atom. The smallest absolute Gasteiger partial charge is 0.161 e. The number of hydrogen-bond acceptors (Lipinski definition) is 6. The van der Waals surface area contributed by atoms with Gasteiger partial charge in [0.15, 0.2) is 11.5 Å². The highest BCUT2D eigenvalue weighted by Crippen LogP contribution is 2.29. The van der Waals surface area contributed by atoms with Gasteiger partial charge in [-0.25, -0.2) is 0 Å². The van der Waals surface area contributed by atoms with Crippen molar-refractivity contribution in [2.45, 2.75) is 63.7 Å². The maximum atomic E-state index is 10.5. The molecule has 2 aliphatic rings. The van der Waals surface area contributed by atoms with Gasteiger partial charge >= 0.3 is 0 Å². The fourth-order valence-electron chi connectivity index (χ4n) is 4.52. The summed E-state index contributed by atoms with van der Waals surface area (Å²) in [5.41, 5.74) is 1.22. The summed E-state index contributed by atoms with van der Waals surface area (Å²) < 4.78 is 17.0. The first-order valence-corrected chi connectivity index (χ1v) is 11.6. The third-order valence-corrected chi connectivity index (χ3v) is 6.35. The van der Waals surface area contributed by atoms with Crippen LogP contribution in [0.25, 0.3) is 0 Å². The Balaban J connectivity index is 1.47. The fourth-order valence-corrected chi connectivity index (χ4v) is 4.52. The van der Waals surface area contributed by atoms with Gasteiger partial charge in [-0.15, -0.1) is 0 Å². The minimum Gasteiger partial charge on any atom is -0.493 e. The Morgan fingerprint density at radius 2 is 1.63 bits per heavy atom. The molecule has 2 aliphatic heterocycles. The van der Waals surface area contributed by atoms with E-state index in [1.165, 1.54) is 37.7 Å². The minimum absolute atomic E-state index is 0.288. The molecule has 1 unspecified atom stereocenters. The second kappa shape index (κ2) is 12.5. The third kappa shape index (κ3) is 7.41. The van der Waals surface area contributed by atoms with Crippen molar-refractivity contribution in [1.29, 1.82) is 0 Å². The standard InChI is InChI=1S/C24H40N2O4/c1-28-22-10-14-26(15-11-22)17-20-8-9-23(24(16-20)29-2)30-19-21(27)18-25-12-6-4-3-5-7-13-25/h8-9,16,21-22,27H,3-7,10-15,17-19H2,1-2H3.